The summed E-state index contributed by atoms with van der Waals surface area (Å²) in [6, 6.07) is 18.3. The number of hydrogen-bond acceptors (Lipinski definition) is 4. The molecule has 2 amide bonds. The zero-order valence-corrected chi connectivity index (χ0v) is 17.8. The van der Waals surface area contributed by atoms with E-state index in [0.717, 1.165) is 17.0 Å². The van der Waals surface area contributed by atoms with Crippen LogP contribution < -0.4 is 10.2 Å². The van der Waals surface area contributed by atoms with Crippen LogP contribution in [-0.2, 0) is 20.8 Å². The minimum Gasteiger partial charge on any atom is -0.480 e. The number of nitrogens with zero attached hydrogens (tertiary/aromatic N) is 1. The Labute approximate surface area is 193 Å². The van der Waals surface area contributed by atoms with Crippen LogP contribution in [0.1, 0.15) is 17.2 Å². The van der Waals surface area contributed by atoms with Gasteiger partial charge in [-0.1, -0.05) is 42.5 Å². The Kier molecular flexibility index (Phi) is 5.25. The molecule has 4 atom stereocenters. The van der Waals surface area contributed by atoms with Crippen molar-refractivity contribution in [2.45, 2.75) is 18.0 Å². The van der Waals surface area contributed by atoms with E-state index < -0.39 is 52.8 Å². The first kappa shape index (κ1) is 21.9. The van der Waals surface area contributed by atoms with Gasteiger partial charge in [-0.15, -0.1) is 0 Å². The van der Waals surface area contributed by atoms with Crippen molar-refractivity contribution in [3.05, 3.63) is 102 Å². The lowest BCUT2D eigenvalue weighted by Crippen LogP contribution is -2.57. The molecule has 2 heterocycles. The lowest BCUT2D eigenvalue weighted by Gasteiger charge is -2.31. The number of hydrogen-bond donors (Lipinski definition) is 2. The maximum atomic E-state index is 13.7. The zero-order valence-electron chi connectivity index (χ0n) is 17.8. The van der Waals surface area contributed by atoms with Gasteiger partial charge in [0, 0.05) is 12.5 Å². The molecule has 2 aliphatic heterocycles. The molecule has 0 saturated carbocycles. The number of carboxylic acid groups (broad SMARTS) is 1. The summed E-state index contributed by atoms with van der Waals surface area (Å²) in [6.45, 7) is 0. The molecule has 2 N–H and O–H groups in total. The highest BCUT2D eigenvalue weighted by atomic mass is 19.1. The van der Waals surface area contributed by atoms with Crippen LogP contribution >= 0.6 is 0 Å². The molecule has 34 heavy (non-hydrogen) atoms. The van der Waals surface area contributed by atoms with Crippen LogP contribution in [0, 0.1) is 23.5 Å². The first-order valence-corrected chi connectivity index (χ1v) is 10.8. The van der Waals surface area contributed by atoms with Crippen molar-refractivity contribution in [2.24, 2.45) is 11.8 Å². The Bertz CT molecular complexity index is 1260. The molecule has 0 radical (unpaired) electrons. The van der Waals surface area contributed by atoms with Gasteiger partial charge in [-0.2, -0.15) is 0 Å². The zero-order chi connectivity index (χ0) is 24.0. The van der Waals surface area contributed by atoms with Gasteiger partial charge < -0.3 is 5.11 Å². The van der Waals surface area contributed by atoms with Crippen molar-refractivity contribution in [2.75, 3.05) is 4.90 Å². The molecule has 2 aliphatic rings. The Morgan fingerprint density at radius 1 is 0.882 bits per heavy atom. The minimum absolute atomic E-state index is 0.0433. The van der Waals surface area contributed by atoms with Gasteiger partial charge in [0.2, 0.25) is 11.8 Å². The lowest BCUT2D eigenvalue weighted by atomic mass is 9.76. The van der Waals surface area contributed by atoms with Gasteiger partial charge in [0.15, 0.2) is 0 Å². The highest BCUT2D eigenvalue weighted by molar-refractivity contribution is 6.24. The topological polar surface area (TPSA) is 86.7 Å². The van der Waals surface area contributed by atoms with E-state index in [-0.39, 0.29) is 12.1 Å². The minimum atomic E-state index is -1.79. The predicted octanol–water partition coefficient (Wildman–Crippen LogP) is 3.48. The summed E-state index contributed by atoms with van der Waals surface area (Å²) in [7, 11) is 0. The fourth-order valence-electron chi connectivity index (χ4n) is 5.16. The van der Waals surface area contributed by atoms with E-state index in [9.17, 15) is 28.3 Å². The van der Waals surface area contributed by atoms with Crippen molar-refractivity contribution in [3.8, 4) is 0 Å². The lowest BCUT2D eigenvalue weighted by molar-refractivity contribution is -0.148. The third-order valence-corrected chi connectivity index (χ3v) is 6.68. The number of imide groups is 1. The van der Waals surface area contributed by atoms with Crippen LogP contribution in [-0.4, -0.2) is 28.4 Å². The van der Waals surface area contributed by atoms with E-state index in [1.54, 1.807) is 30.3 Å². The molecule has 5 rings (SSSR count). The van der Waals surface area contributed by atoms with Crippen LogP contribution in [0.25, 0.3) is 0 Å². The van der Waals surface area contributed by atoms with E-state index in [1.165, 1.54) is 36.4 Å². The summed E-state index contributed by atoms with van der Waals surface area (Å²) < 4.78 is 27.1. The number of amides is 2. The summed E-state index contributed by atoms with van der Waals surface area (Å²) in [5, 5.41) is 13.5. The standard InChI is InChI=1S/C26H20F2N2O4/c27-17-8-6-16(7-9-17)22-20-21(24(32)30(23(20)31)19-12-10-18(28)11-13-19)26(29-22,25(33)34)14-15-4-2-1-3-5-15/h1-13,20-22,29H,14H2,(H,33,34)/t20-,21+,22-,26-/m0/s1. The Hall–Kier alpha value is -3.91. The van der Waals surface area contributed by atoms with Gasteiger partial charge in [0.1, 0.15) is 17.2 Å². The maximum Gasteiger partial charge on any atom is 0.325 e. The van der Waals surface area contributed by atoms with E-state index in [2.05, 4.69) is 5.32 Å². The Balaban J connectivity index is 1.65. The number of carbonyl (C=O) groups is 3. The monoisotopic (exact) mass is 462 g/mol. The molecule has 0 aliphatic carbocycles. The second-order valence-electron chi connectivity index (χ2n) is 8.60. The normalized spacial score (nSPS) is 26.1. The molecular weight excluding hydrogens is 442 g/mol. The second kappa shape index (κ2) is 8.14. The average molecular weight is 462 g/mol. The third kappa shape index (κ3) is 3.38. The van der Waals surface area contributed by atoms with E-state index in [0.29, 0.717) is 11.1 Å². The fourth-order valence-corrected chi connectivity index (χ4v) is 5.16. The molecule has 2 saturated heterocycles. The highest BCUT2D eigenvalue weighted by Crippen LogP contribution is 2.50. The first-order chi connectivity index (χ1) is 16.3. The molecule has 0 spiro atoms. The SMILES string of the molecule is O=C1[C@@H]2[C@H](c3ccc(F)cc3)N[C@](Cc3ccccc3)(C(=O)O)[C@H]2C(=O)N1c1ccc(F)cc1. The van der Waals surface area contributed by atoms with Crippen molar-refractivity contribution >= 4 is 23.5 Å². The highest BCUT2D eigenvalue weighted by Gasteiger charge is 2.68. The molecule has 3 aromatic rings. The molecule has 3 aromatic carbocycles. The van der Waals surface area contributed by atoms with Crippen LogP contribution in [0.4, 0.5) is 14.5 Å². The Morgan fingerprint density at radius 3 is 2.06 bits per heavy atom. The average Bonchev–Trinajstić information content (AvgIpc) is 3.30. The molecule has 6 nitrogen and oxygen atoms in total. The summed E-state index contributed by atoms with van der Waals surface area (Å²) >= 11 is 0. The smallest absolute Gasteiger partial charge is 0.325 e. The van der Waals surface area contributed by atoms with Crippen molar-refractivity contribution in [3.63, 3.8) is 0 Å². The van der Waals surface area contributed by atoms with Gasteiger partial charge in [-0.3, -0.25) is 19.7 Å². The Morgan fingerprint density at radius 2 is 1.47 bits per heavy atom. The summed E-state index contributed by atoms with van der Waals surface area (Å²) in [5.41, 5.74) is -0.444. The number of carboxylic acids is 1. The van der Waals surface area contributed by atoms with Crippen LogP contribution in [0.15, 0.2) is 78.9 Å². The van der Waals surface area contributed by atoms with Gasteiger partial charge in [0.05, 0.1) is 17.5 Å². The van der Waals surface area contributed by atoms with Gasteiger partial charge in [-0.05, 0) is 47.5 Å². The number of fused-ring (bicyclic) bond motifs is 1. The molecule has 0 aromatic heterocycles. The molecular formula is C26H20F2N2O4. The molecule has 8 heteroatoms. The van der Waals surface area contributed by atoms with E-state index in [4.69, 9.17) is 0 Å². The summed E-state index contributed by atoms with van der Waals surface area (Å²) in [6.07, 6.45) is -0.0433. The number of benzene rings is 3. The van der Waals surface area contributed by atoms with Crippen LogP contribution in [0.3, 0.4) is 0 Å². The molecule has 0 bridgehead atoms. The maximum absolute atomic E-state index is 13.7. The van der Waals surface area contributed by atoms with Crippen molar-refractivity contribution in [1.29, 1.82) is 0 Å². The first-order valence-electron chi connectivity index (χ1n) is 10.8. The number of carbonyl (C=O) groups excluding carboxylic acids is 2. The number of halogens is 2. The van der Waals surface area contributed by atoms with Crippen LogP contribution in [0.5, 0.6) is 0 Å². The summed E-state index contributed by atoms with van der Waals surface area (Å²) in [5.74, 6) is -5.79. The molecule has 2 fully saturated rings. The van der Waals surface area contributed by atoms with Crippen molar-refractivity contribution in [1.82, 2.24) is 5.32 Å². The number of anilines is 1. The van der Waals surface area contributed by atoms with Gasteiger partial charge >= 0.3 is 5.97 Å². The van der Waals surface area contributed by atoms with E-state index >= 15 is 0 Å². The quantitative estimate of drug-likeness (QED) is 0.567. The third-order valence-electron chi connectivity index (χ3n) is 6.68. The summed E-state index contributed by atoms with van der Waals surface area (Å²) in [4.78, 5) is 41.0. The largest absolute Gasteiger partial charge is 0.480 e. The number of nitrogens with one attached hydrogen (secondary N) is 1. The predicted molar refractivity (Wildman–Crippen MR) is 119 cm³/mol. The molecule has 172 valence electrons. The number of aliphatic carboxylic acids is 1. The van der Waals surface area contributed by atoms with Gasteiger partial charge in [-0.25, -0.2) is 13.7 Å². The fraction of sp³-hybridized carbons (Fsp3) is 0.192. The van der Waals surface area contributed by atoms with Crippen molar-refractivity contribution < 1.29 is 28.3 Å². The van der Waals surface area contributed by atoms with E-state index in [1.807, 2.05) is 0 Å². The van der Waals surface area contributed by atoms with Gasteiger partial charge in [0.25, 0.3) is 0 Å². The van der Waals surface area contributed by atoms with Crippen LogP contribution in [0.2, 0.25) is 0 Å². The molecule has 0 unspecified atom stereocenters. The number of rotatable bonds is 5. The second-order valence-corrected chi connectivity index (χ2v) is 8.60.